The third kappa shape index (κ3) is 14.6. The highest BCUT2D eigenvalue weighted by Gasteiger charge is 2.12. The molecule has 0 aliphatic heterocycles. The first-order chi connectivity index (χ1) is 38.0. The third-order valence-electron chi connectivity index (χ3n) is 11.7. The largest absolute Gasteiger partial charge is 0.481 e. The maximum atomic E-state index is 11.0. The number of para-hydroxylation sites is 6. The summed E-state index contributed by atoms with van der Waals surface area (Å²) in [7, 11) is 2.74. The van der Waals surface area contributed by atoms with Crippen molar-refractivity contribution < 1.29 is 43.7 Å². The molecule has 21 heteroatoms. The number of nitrogens with zero attached hydrogens (tertiary/aromatic N) is 6. The van der Waals surface area contributed by atoms with Crippen molar-refractivity contribution in [2.45, 2.75) is 39.0 Å². The zero-order valence-electron chi connectivity index (χ0n) is 42.6. The maximum absolute atomic E-state index is 11.0. The minimum Gasteiger partial charge on any atom is -0.481 e. The third-order valence-corrected chi connectivity index (χ3v) is 11.7. The molecule has 8 N–H and O–H groups in total. The van der Waals surface area contributed by atoms with Crippen LogP contribution in [0.1, 0.15) is 63.5 Å². The number of aryl methyl sites for hydroxylation is 3. The number of methoxy groups -OCH3 is 2. The van der Waals surface area contributed by atoms with Gasteiger partial charge in [0.15, 0.2) is 12.0 Å². The number of carbonyl (C=O) groups is 5. The highest BCUT2D eigenvalue weighted by atomic mass is 16.5. The molecule has 0 bridgehead atoms. The quantitative estimate of drug-likeness (QED) is 0.0339. The van der Waals surface area contributed by atoms with Crippen molar-refractivity contribution in [3.05, 3.63) is 186 Å². The Hall–Kier alpha value is -10.6. The Morgan fingerprint density at radius 3 is 1.44 bits per heavy atom. The number of aromatic amines is 6. The second-order valence-corrected chi connectivity index (χ2v) is 16.7. The standard InChI is InChI=1S/C11H12N2O2.C11H10N2O2.C10H10N2O2.C9H10N2.C8H6N2O2.C8H6N2O/c2*1-15-11(14)7-6-10-8-4-2-3-5-9(8)12-13-10;13-10(14)6-5-9-7-3-1-2-4-8(7)11-12-9;1-2-8-7-5-3-4-6-9(7)11-10-8;11-8(12)7-5-3-1-2-4-6(5)9-10-7;11-5-8-6-3-1-2-4-7(6)9-10-8/h2-5H,6-7H2,1H3,(H,12,13);2-7H,1H3,(H,12,13);1-4H,5-6H2,(H,11,12)(H,13,14);3-6H,2H2,1H3,(H,10,11);1-4H,(H,9,10)(H,11,12);1-5H,(H,9,10)/b;7-6-;;;;. The molecule has 0 fully saturated rings. The molecule has 0 radical (unpaired) electrons. The number of carbonyl (C=O) groups excluding carboxylic acids is 3. The summed E-state index contributed by atoms with van der Waals surface area (Å²) in [6, 6.07) is 46.0. The zero-order chi connectivity index (χ0) is 55.2. The van der Waals surface area contributed by atoms with Gasteiger partial charge < -0.3 is 19.7 Å². The van der Waals surface area contributed by atoms with Gasteiger partial charge in [0.05, 0.1) is 65.9 Å². The first kappa shape index (κ1) is 55.2. The Morgan fingerprint density at radius 1 is 0.487 bits per heavy atom. The van der Waals surface area contributed by atoms with Crippen LogP contribution in [0.3, 0.4) is 0 Å². The van der Waals surface area contributed by atoms with Crippen LogP contribution in [0.25, 0.3) is 71.5 Å². The van der Waals surface area contributed by atoms with Crippen LogP contribution in [0.5, 0.6) is 0 Å². The summed E-state index contributed by atoms with van der Waals surface area (Å²) in [5.74, 6) is -2.38. The van der Waals surface area contributed by atoms with Gasteiger partial charge in [-0.25, -0.2) is 9.59 Å². The molecule has 396 valence electrons. The van der Waals surface area contributed by atoms with Gasteiger partial charge in [0.25, 0.3) is 0 Å². The van der Waals surface area contributed by atoms with Crippen LogP contribution < -0.4 is 0 Å². The number of aromatic carboxylic acids is 1. The number of carboxylic acids is 2. The van der Waals surface area contributed by atoms with E-state index in [2.05, 4.69) is 83.6 Å². The molecule has 0 saturated heterocycles. The molecule has 0 saturated carbocycles. The number of aliphatic carboxylic acids is 1. The van der Waals surface area contributed by atoms with Crippen LogP contribution in [0, 0.1) is 0 Å². The van der Waals surface area contributed by atoms with E-state index in [1.165, 1.54) is 31.4 Å². The lowest BCUT2D eigenvalue weighted by molar-refractivity contribution is -0.140. The molecule has 12 aromatic rings. The first-order valence-electron chi connectivity index (χ1n) is 24.3. The van der Waals surface area contributed by atoms with Crippen LogP contribution in [-0.4, -0.2) is 116 Å². The van der Waals surface area contributed by atoms with Crippen LogP contribution in [0.15, 0.2) is 152 Å². The number of nitrogens with one attached hydrogen (secondary N) is 6. The summed E-state index contributed by atoms with van der Waals surface area (Å²) in [6.45, 7) is 2.12. The van der Waals surface area contributed by atoms with Gasteiger partial charge in [0.2, 0.25) is 0 Å². The molecule has 78 heavy (non-hydrogen) atoms. The van der Waals surface area contributed by atoms with Crippen molar-refractivity contribution in [3.8, 4) is 0 Å². The van der Waals surface area contributed by atoms with E-state index >= 15 is 0 Å². The Labute approximate surface area is 444 Å². The van der Waals surface area contributed by atoms with E-state index in [9.17, 15) is 24.0 Å². The minimum absolute atomic E-state index is 0.0746. The summed E-state index contributed by atoms with van der Waals surface area (Å²) < 4.78 is 9.08. The van der Waals surface area contributed by atoms with Gasteiger partial charge in [0.1, 0.15) is 5.69 Å². The minimum atomic E-state index is -1.01. The number of aldehydes is 1. The number of fused-ring (bicyclic) bond motifs is 6. The number of ether oxygens (including phenoxy) is 2. The van der Waals surface area contributed by atoms with Gasteiger partial charge in [-0.1, -0.05) is 116 Å². The molecular formula is C57H54N12O9. The lowest BCUT2D eigenvalue weighted by Gasteiger charge is -1.97. The second kappa shape index (κ2) is 27.6. The zero-order valence-corrected chi connectivity index (χ0v) is 42.6. The number of hydrogen-bond acceptors (Lipinski definition) is 13. The molecule has 0 aliphatic carbocycles. The Bertz CT molecular complexity index is 3960. The molecule has 0 atom stereocenters. The molecule has 12 rings (SSSR count). The molecular weight excluding hydrogens is 997 g/mol. The number of esters is 2. The second-order valence-electron chi connectivity index (χ2n) is 16.7. The van der Waals surface area contributed by atoms with Crippen LogP contribution in [0.2, 0.25) is 0 Å². The highest BCUT2D eigenvalue weighted by Crippen LogP contribution is 2.20. The van der Waals surface area contributed by atoms with Crippen molar-refractivity contribution in [2.75, 3.05) is 14.2 Å². The molecule has 21 nitrogen and oxygen atoms in total. The average Bonchev–Trinajstić information content (AvgIpc) is 4.38. The monoisotopic (exact) mass is 1050 g/mol. The molecule has 0 aliphatic rings. The van der Waals surface area contributed by atoms with E-state index in [1.807, 2.05) is 121 Å². The molecule has 0 spiro atoms. The summed E-state index contributed by atoms with van der Waals surface area (Å²) in [4.78, 5) is 53.3. The van der Waals surface area contributed by atoms with Gasteiger partial charge >= 0.3 is 23.9 Å². The Balaban J connectivity index is 0.000000136. The molecule has 6 heterocycles. The van der Waals surface area contributed by atoms with E-state index in [-0.39, 0.29) is 24.1 Å². The SMILES string of the molecule is CCc1[nH]nc2ccccc12.COC(=O)/C=C\c1n[nH]c2ccccc12.COC(=O)CCc1[nH]nc2ccccc12.O=C(O)CCc1[nH]nc2ccccc12.O=C(O)c1n[nH]c2ccccc12.O=Cc1[nH]nc2ccccc12. The molecule has 6 aromatic heterocycles. The van der Waals surface area contributed by atoms with Gasteiger partial charge in [-0.05, 0) is 48.9 Å². The van der Waals surface area contributed by atoms with Crippen molar-refractivity contribution in [1.82, 2.24) is 61.2 Å². The average molecular weight is 1050 g/mol. The topological polar surface area (TPSA) is 316 Å². The number of H-pyrrole nitrogens is 6. The lowest BCUT2D eigenvalue weighted by atomic mass is 10.1. The maximum Gasteiger partial charge on any atom is 0.357 e. The van der Waals surface area contributed by atoms with Gasteiger partial charge in [-0.3, -0.25) is 45.0 Å². The van der Waals surface area contributed by atoms with E-state index in [1.54, 1.807) is 24.3 Å². The fourth-order valence-corrected chi connectivity index (χ4v) is 7.78. The molecule has 0 unspecified atom stereocenters. The van der Waals surface area contributed by atoms with E-state index in [4.69, 9.17) is 10.2 Å². The molecule has 6 aromatic carbocycles. The Morgan fingerprint density at radius 2 is 0.923 bits per heavy atom. The molecule has 0 amide bonds. The van der Waals surface area contributed by atoms with Crippen LogP contribution in [0.4, 0.5) is 0 Å². The summed E-state index contributed by atoms with van der Waals surface area (Å²) in [5, 5.41) is 64.1. The van der Waals surface area contributed by atoms with Crippen LogP contribution in [-0.2, 0) is 43.1 Å². The smallest absolute Gasteiger partial charge is 0.357 e. The predicted octanol–water partition coefficient (Wildman–Crippen LogP) is 9.76. The fourth-order valence-electron chi connectivity index (χ4n) is 7.78. The van der Waals surface area contributed by atoms with Gasteiger partial charge in [-0.15, -0.1) is 0 Å². The van der Waals surface area contributed by atoms with Gasteiger partial charge in [0, 0.05) is 68.3 Å². The number of aromatic nitrogens is 12. The number of rotatable bonds is 11. The van der Waals surface area contributed by atoms with E-state index in [0.29, 0.717) is 30.3 Å². The number of carboxylic acid groups (broad SMARTS) is 2. The van der Waals surface area contributed by atoms with Crippen molar-refractivity contribution >= 4 is 102 Å². The van der Waals surface area contributed by atoms with Crippen molar-refractivity contribution in [3.63, 3.8) is 0 Å². The lowest BCUT2D eigenvalue weighted by Crippen LogP contribution is -2.02. The highest BCUT2D eigenvalue weighted by molar-refractivity contribution is 6.01. The van der Waals surface area contributed by atoms with E-state index < -0.39 is 11.9 Å². The van der Waals surface area contributed by atoms with Crippen molar-refractivity contribution in [1.29, 1.82) is 0 Å². The first-order valence-corrected chi connectivity index (χ1v) is 24.3. The predicted molar refractivity (Wildman–Crippen MR) is 296 cm³/mol. The van der Waals surface area contributed by atoms with Crippen LogP contribution >= 0.6 is 0 Å². The number of hydrogen-bond donors (Lipinski definition) is 8. The fraction of sp³-hybridized carbons (Fsp3) is 0.140. The summed E-state index contributed by atoms with van der Waals surface area (Å²) in [6.07, 6.45) is 6.40. The normalized spacial score (nSPS) is 10.6. The van der Waals surface area contributed by atoms with Gasteiger partial charge in [-0.2, -0.15) is 30.6 Å². The summed E-state index contributed by atoms with van der Waals surface area (Å²) in [5.41, 5.74) is 9.84. The van der Waals surface area contributed by atoms with Crippen molar-refractivity contribution in [2.24, 2.45) is 0 Å². The van der Waals surface area contributed by atoms with E-state index in [0.717, 1.165) is 84.4 Å². The summed E-state index contributed by atoms with van der Waals surface area (Å²) >= 11 is 0. The number of benzene rings is 6. The Kier molecular flexibility index (Phi) is 19.6.